The molecule has 28 heavy (non-hydrogen) atoms. The number of hydrogen-bond donors (Lipinski definition) is 2. The van der Waals surface area contributed by atoms with Crippen molar-refractivity contribution in [2.45, 2.75) is 13.0 Å². The Balaban J connectivity index is 1.41. The number of furan rings is 1. The molecule has 0 aliphatic rings. The van der Waals surface area contributed by atoms with Crippen molar-refractivity contribution in [2.75, 3.05) is 11.9 Å². The summed E-state index contributed by atoms with van der Waals surface area (Å²) in [4.78, 5) is 27.9. The lowest BCUT2D eigenvalue weighted by Crippen LogP contribution is -2.27. The predicted octanol–water partition coefficient (Wildman–Crippen LogP) is 3.77. The van der Waals surface area contributed by atoms with Crippen LogP contribution in [0, 0.1) is 0 Å². The lowest BCUT2D eigenvalue weighted by molar-refractivity contribution is -0.116. The molecule has 144 valence electrons. The summed E-state index contributed by atoms with van der Waals surface area (Å²) >= 11 is 3.36. The Morgan fingerprint density at radius 2 is 1.93 bits per heavy atom. The van der Waals surface area contributed by atoms with E-state index >= 15 is 0 Å². The Morgan fingerprint density at radius 1 is 1.11 bits per heavy atom. The summed E-state index contributed by atoms with van der Waals surface area (Å²) in [5, 5.41) is 5.35. The van der Waals surface area contributed by atoms with Crippen LogP contribution in [0.2, 0.25) is 0 Å². The summed E-state index contributed by atoms with van der Waals surface area (Å²) in [7, 11) is 0. The van der Waals surface area contributed by atoms with Crippen LogP contribution in [0.25, 0.3) is 0 Å². The molecular formula is C20H18BrN3O4. The first kappa shape index (κ1) is 19.6. The number of nitrogens with zero attached hydrogens (tertiary/aromatic N) is 1. The van der Waals surface area contributed by atoms with Crippen LogP contribution >= 0.6 is 15.9 Å². The molecule has 0 aliphatic heterocycles. The van der Waals surface area contributed by atoms with Gasteiger partial charge in [0.15, 0.2) is 5.76 Å². The molecule has 3 aromatic rings. The second kappa shape index (κ2) is 9.70. The Bertz CT molecular complexity index is 926. The molecule has 3 rings (SSSR count). The molecule has 0 saturated heterocycles. The lowest BCUT2D eigenvalue weighted by Gasteiger charge is -2.06. The molecule has 0 spiro atoms. The van der Waals surface area contributed by atoms with Gasteiger partial charge in [0.1, 0.15) is 18.1 Å². The molecule has 0 unspecified atom stereocenters. The monoisotopic (exact) mass is 443 g/mol. The zero-order valence-electron chi connectivity index (χ0n) is 14.9. The number of rotatable bonds is 8. The first-order chi connectivity index (χ1) is 13.6. The SMILES string of the molecule is O=C(CCNC(=O)c1ccc(COc2ccc(Br)cc2)o1)Nc1cccnc1. The molecule has 2 amide bonds. The van der Waals surface area contributed by atoms with E-state index < -0.39 is 0 Å². The van der Waals surface area contributed by atoms with Gasteiger partial charge in [-0.3, -0.25) is 14.6 Å². The van der Waals surface area contributed by atoms with Gasteiger partial charge in [-0.15, -0.1) is 0 Å². The Labute approximate surface area is 170 Å². The van der Waals surface area contributed by atoms with Gasteiger partial charge in [-0.1, -0.05) is 15.9 Å². The third-order valence-corrected chi connectivity index (χ3v) is 4.19. The standard InChI is InChI=1S/C20H18BrN3O4/c21-14-3-5-16(6-4-14)27-13-17-7-8-18(28-17)20(26)23-11-9-19(25)24-15-2-1-10-22-12-15/h1-8,10,12H,9,11,13H2,(H,23,26)(H,24,25). The zero-order chi connectivity index (χ0) is 19.8. The zero-order valence-corrected chi connectivity index (χ0v) is 16.4. The number of pyridine rings is 1. The molecule has 0 fully saturated rings. The third kappa shape index (κ3) is 5.95. The molecule has 0 bridgehead atoms. The molecule has 0 radical (unpaired) electrons. The number of amides is 2. The first-order valence-corrected chi connectivity index (χ1v) is 9.34. The highest BCUT2D eigenvalue weighted by Crippen LogP contribution is 2.18. The van der Waals surface area contributed by atoms with E-state index in [1.165, 1.54) is 0 Å². The van der Waals surface area contributed by atoms with Crippen LogP contribution in [0.5, 0.6) is 5.75 Å². The third-order valence-electron chi connectivity index (χ3n) is 3.66. The topological polar surface area (TPSA) is 93.5 Å². The quantitative estimate of drug-likeness (QED) is 0.552. The van der Waals surface area contributed by atoms with Gasteiger partial charge in [0, 0.05) is 23.6 Å². The highest BCUT2D eigenvalue weighted by atomic mass is 79.9. The van der Waals surface area contributed by atoms with Gasteiger partial charge in [0.25, 0.3) is 5.91 Å². The number of hydrogen-bond acceptors (Lipinski definition) is 5. The predicted molar refractivity (Wildman–Crippen MR) is 107 cm³/mol. The minimum atomic E-state index is -0.385. The largest absolute Gasteiger partial charge is 0.486 e. The van der Waals surface area contributed by atoms with Crippen molar-refractivity contribution in [2.24, 2.45) is 0 Å². The van der Waals surface area contributed by atoms with Crippen LogP contribution in [-0.4, -0.2) is 23.3 Å². The molecular weight excluding hydrogens is 426 g/mol. The average Bonchev–Trinajstić information content (AvgIpc) is 3.17. The highest BCUT2D eigenvalue weighted by Gasteiger charge is 2.12. The molecule has 0 atom stereocenters. The molecule has 7 nitrogen and oxygen atoms in total. The molecule has 0 aliphatic carbocycles. The van der Waals surface area contributed by atoms with Gasteiger partial charge in [-0.25, -0.2) is 0 Å². The maximum absolute atomic E-state index is 12.1. The van der Waals surface area contributed by atoms with Crippen LogP contribution in [0.15, 0.2) is 69.8 Å². The summed E-state index contributed by atoms with van der Waals surface area (Å²) in [6, 6.07) is 14.1. The molecule has 2 aromatic heterocycles. The van der Waals surface area contributed by atoms with E-state index in [2.05, 4.69) is 31.5 Å². The van der Waals surface area contributed by atoms with E-state index in [9.17, 15) is 9.59 Å². The van der Waals surface area contributed by atoms with Crippen molar-refractivity contribution >= 4 is 33.4 Å². The molecule has 2 heterocycles. The normalized spacial score (nSPS) is 10.3. The second-order valence-electron chi connectivity index (χ2n) is 5.80. The van der Waals surface area contributed by atoms with Crippen LogP contribution in [-0.2, 0) is 11.4 Å². The number of ether oxygens (including phenoxy) is 1. The fourth-order valence-corrected chi connectivity index (χ4v) is 2.56. The van der Waals surface area contributed by atoms with Crippen molar-refractivity contribution in [1.82, 2.24) is 10.3 Å². The molecule has 8 heteroatoms. The van der Waals surface area contributed by atoms with Gasteiger partial charge in [-0.05, 0) is 48.5 Å². The number of carbonyl (C=O) groups excluding carboxylic acids is 2. The summed E-state index contributed by atoms with van der Waals surface area (Å²) in [5.41, 5.74) is 0.611. The number of halogens is 1. The fraction of sp³-hybridized carbons (Fsp3) is 0.150. The summed E-state index contributed by atoms with van der Waals surface area (Å²) < 4.78 is 12.1. The summed E-state index contributed by atoms with van der Waals surface area (Å²) in [5.74, 6) is 0.801. The number of nitrogens with one attached hydrogen (secondary N) is 2. The van der Waals surface area contributed by atoms with Crippen molar-refractivity contribution in [3.05, 3.63) is 76.9 Å². The highest BCUT2D eigenvalue weighted by molar-refractivity contribution is 9.10. The van der Waals surface area contributed by atoms with E-state index in [1.54, 1.807) is 36.7 Å². The number of aromatic nitrogens is 1. The van der Waals surface area contributed by atoms with Gasteiger partial charge in [0.05, 0.1) is 11.9 Å². The van der Waals surface area contributed by atoms with Crippen molar-refractivity contribution in [3.8, 4) is 5.75 Å². The van der Waals surface area contributed by atoms with Gasteiger partial charge in [-0.2, -0.15) is 0 Å². The van der Waals surface area contributed by atoms with Crippen LogP contribution < -0.4 is 15.4 Å². The first-order valence-electron chi connectivity index (χ1n) is 8.55. The van der Waals surface area contributed by atoms with E-state index in [0.717, 1.165) is 4.47 Å². The van der Waals surface area contributed by atoms with E-state index in [4.69, 9.17) is 9.15 Å². The van der Waals surface area contributed by atoms with Crippen molar-refractivity contribution in [1.29, 1.82) is 0 Å². The van der Waals surface area contributed by atoms with Gasteiger partial charge >= 0.3 is 0 Å². The van der Waals surface area contributed by atoms with Crippen LogP contribution in [0.3, 0.4) is 0 Å². The number of anilines is 1. The Hall–Kier alpha value is -3.13. The Morgan fingerprint density at radius 3 is 2.68 bits per heavy atom. The molecule has 2 N–H and O–H groups in total. The average molecular weight is 444 g/mol. The van der Waals surface area contributed by atoms with E-state index in [0.29, 0.717) is 17.2 Å². The number of benzene rings is 1. The summed E-state index contributed by atoms with van der Waals surface area (Å²) in [6.45, 7) is 0.402. The second-order valence-corrected chi connectivity index (χ2v) is 6.72. The molecule has 0 saturated carbocycles. The van der Waals surface area contributed by atoms with Crippen LogP contribution in [0.1, 0.15) is 22.7 Å². The Kier molecular flexibility index (Phi) is 6.80. The minimum Gasteiger partial charge on any atom is -0.486 e. The summed E-state index contributed by atoms with van der Waals surface area (Å²) in [6.07, 6.45) is 3.31. The maximum atomic E-state index is 12.1. The smallest absolute Gasteiger partial charge is 0.287 e. The fourth-order valence-electron chi connectivity index (χ4n) is 2.30. The minimum absolute atomic E-state index is 0.140. The maximum Gasteiger partial charge on any atom is 0.287 e. The number of carbonyl (C=O) groups is 2. The van der Waals surface area contributed by atoms with Crippen LogP contribution in [0.4, 0.5) is 5.69 Å². The lowest BCUT2D eigenvalue weighted by atomic mass is 10.3. The van der Waals surface area contributed by atoms with E-state index in [1.807, 2.05) is 24.3 Å². The van der Waals surface area contributed by atoms with Crippen molar-refractivity contribution in [3.63, 3.8) is 0 Å². The van der Waals surface area contributed by atoms with Gasteiger partial charge in [0.2, 0.25) is 5.91 Å². The van der Waals surface area contributed by atoms with Gasteiger partial charge < -0.3 is 19.8 Å². The molecule has 1 aromatic carbocycles. The van der Waals surface area contributed by atoms with E-state index in [-0.39, 0.29) is 37.1 Å². The van der Waals surface area contributed by atoms with Crippen molar-refractivity contribution < 1.29 is 18.7 Å².